The number of anilines is 2. The van der Waals surface area contributed by atoms with Crippen molar-refractivity contribution < 1.29 is 4.79 Å². The molecular formula is C16H18ClN3O. The quantitative estimate of drug-likeness (QED) is 0.881. The van der Waals surface area contributed by atoms with Crippen LogP contribution in [0.2, 0.25) is 0 Å². The SMILES string of the molecule is Cl.Nc1ccc(C(=O)N2CCCCc3ccccc32)nc1. The number of carbonyl (C=O) groups is 1. The molecule has 0 aliphatic carbocycles. The van der Waals surface area contributed by atoms with Crippen molar-refractivity contribution in [2.75, 3.05) is 17.2 Å². The number of halogens is 1. The van der Waals surface area contributed by atoms with Crippen molar-refractivity contribution in [2.24, 2.45) is 0 Å². The maximum atomic E-state index is 12.6. The number of amides is 1. The van der Waals surface area contributed by atoms with E-state index in [1.54, 1.807) is 12.1 Å². The maximum absolute atomic E-state index is 12.6. The van der Waals surface area contributed by atoms with Crippen LogP contribution >= 0.6 is 12.4 Å². The Morgan fingerprint density at radius 3 is 2.71 bits per heavy atom. The number of nitrogens with two attached hydrogens (primary N) is 1. The number of hydrogen-bond donors (Lipinski definition) is 1. The number of para-hydroxylation sites is 1. The molecule has 21 heavy (non-hydrogen) atoms. The van der Waals surface area contributed by atoms with Crippen LogP contribution in [0.1, 0.15) is 28.9 Å². The number of hydrogen-bond acceptors (Lipinski definition) is 3. The van der Waals surface area contributed by atoms with E-state index in [-0.39, 0.29) is 18.3 Å². The molecule has 110 valence electrons. The zero-order valence-electron chi connectivity index (χ0n) is 11.7. The molecule has 1 aromatic carbocycles. The molecule has 5 heteroatoms. The van der Waals surface area contributed by atoms with Crippen LogP contribution in [0.4, 0.5) is 11.4 Å². The van der Waals surface area contributed by atoms with Gasteiger partial charge in [-0.1, -0.05) is 18.2 Å². The standard InChI is InChI=1S/C16H17N3O.ClH/c17-13-8-9-14(18-11-13)16(20)19-10-4-3-6-12-5-1-2-7-15(12)19;/h1-2,5,7-9,11H,3-4,6,10,17H2;1H. The Bertz CT molecular complexity index is 628. The predicted octanol–water partition coefficient (Wildman–Crippen LogP) is 3.07. The lowest BCUT2D eigenvalue weighted by molar-refractivity contribution is 0.0982. The molecular weight excluding hydrogens is 286 g/mol. The molecule has 4 nitrogen and oxygen atoms in total. The van der Waals surface area contributed by atoms with Gasteiger partial charge in [-0.2, -0.15) is 0 Å². The lowest BCUT2D eigenvalue weighted by Gasteiger charge is -2.22. The highest BCUT2D eigenvalue weighted by Crippen LogP contribution is 2.27. The molecule has 0 fully saturated rings. The van der Waals surface area contributed by atoms with E-state index in [9.17, 15) is 4.79 Å². The largest absolute Gasteiger partial charge is 0.397 e. The van der Waals surface area contributed by atoms with Crippen molar-refractivity contribution in [1.82, 2.24) is 4.98 Å². The summed E-state index contributed by atoms with van der Waals surface area (Å²) in [4.78, 5) is 18.6. The Balaban J connectivity index is 0.00000161. The third kappa shape index (κ3) is 3.16. The summed E-state index contributed by atoms with van der Waals surface area (Å²) in [5.41, 5.74) is 8.87. The highest BCUT2D eigenvalue weighted by Gasteiger charge is 2.22. The van der Waals surface area contributed by atoms with Crippen LogP contribution in [0, 0.1) is 0 Å². The normalized spacial score (nSPS) is 13.8. The predicted molar refractivity (Wildman–Crippen MR) is 87.0 cm³/mol. The molecule has 0 radical (unpaired) electrons. The van der Waals surface area contributed by atoms with Gasteiger partial charge < -0.3 is 10.6 Å². The van der Waals surface area contributed by atoms with E-state index in [2.05, 4.69) is 11.1 Å². The summed E-state index contributed by atoms with van der Waals surface area (Å²) < 4.78 is 0. The Morgan fingerprint density at radius 2 is 1.95 bits per heavy atom. The molecule has 2 N–H and O–H groups in total. The summed E-state index contributed by atoms with van der Waals surface area (Å²) in [6.07, 6.45) is 4.66. The van der Waals surface area contributed by atoms with Crippen LogP contribution < -0.4 is 10.6 Å². The number of aromatic nitrogens is 1. The zero-order chi connectivity index (χ0) is 13.9. The lowest BCUT2D eigenvalue weighted by Crippen LogP contribution is -2.32. The van der Waals surface area contributed by atoms with Gasteiger partial charge in [0.25, 0.3) is 5.91 Å². The van der Waals surface area contributed by atoms with Crippen molar-refractivity contribution in [2.45, 2.75) is 19.3 Å². The maximum Gasteiger partial charge on any atom is 0.276 e. The third-order valence-corrected chi connectivity index (χ3v) is 3.61. The van der Waals surface area contributed by atoms with Crippen molar-refractivity contribution in [3.8, 4) is 0 Å². The van der Waals surface area contributed by atoms with Crippen molar-refractivity contribution in [3.05, 3.63) is 53.9 Å². The third-order valence-electron chi connectivity index (χ3n) is 3.61. The average molecular weight is 304 g/mol. The molecule has 1 aliphatic rings. The van der Waals surface area contributed by atoms with Gasteiger partial charge >= 0.3 is 0 Å². The number of carbonyl (C=O) groups excluding carboxylic acids is 1. The van der Waals surface area contributed by atoms with Gasteiger partial charge in [-0.05, 0) is 43.0 Å². The van der Waals surface area contributed by atoms with Gasteiger partial charge in [0.1, 0.15) is 5.69 Å². The van der Waals surface area contributed by atoms with E-state index in [0.717, 1.165) is 31.5 Å². The molecule has 0 saturated heterocycles. The molecule has 1 amide bonds. The van der Waals surface area contributed by atoms with Crippen LogP contribution in [0.15, 0.2) is 42.6 Å². The molecule has 0 bridgehead atoms. The van der Waals surface area contributed by atoms with E-state index < -0.39 is 0 Å². The minimum absolute atomic E-state index is 0. The van der Waals surface area contributed by atoms with E-state index in [0.29, 0.717) is 11.4 Å². The first-order valence-corrected chi connectivity index (χ1v) is 6.87. The molecule has 1 aromatic heterocycles. The van der Waals surface area contributed by atoms with Crippen LogP contribution in [0.3, 0.4) is 0 Å². The van der Waals surface area contributed by atoms with Gasteiger partial charge in [0.05, 0.1) is 11.9 Å². The first-order valence-electron chi connectivity index (χ1n) is 6.87. The first-order chi connectivity index (χ1) is 9.75. The molecule has 2 heterocycles. The molecule has 1 aliphatic heterocycles. The van der Waals surface area contributed by atoms with E-state index in [1.807, 2.05) is 23.1 Å². The first kappa shape index (κ1) is 15.3. The van der Waals surface area contributed by atoms with Crippen LogP contribution in [0.5, 0.6) is 0 Å². The smallest absolute Gasteiger partial charge is 0.276 e. The summed E-state index contributed by atoms with van der Waals surface area (Å²) in [6.45, 7) is 0.738. The van der Waals surface area contributed by atoms with E-state index >= 15 is 0 Å². The fraction of sp³-hybridized carbons (Fsp3) is 0.250. The summed E-state index contributed by atoms with van der Waals surface area (Å²) in [6, 6.07) is 11.5. The monoisotopic (exact) mass is 303 g/mol. The molecule has 0 atom stereocenters. The minimum Gasteiger partial charge on any atom is -0.397 e. The number of pyridine rings is 1. The van der Waals surface area contributed by atoms with Gasteiger partial charge in [-0.15, -0.1) is 12.4 Å². The highest BCUT2D eigenvalue weighted by molar-refractivity contribution is 6.05. The Morgan fingerprint density at radius 1 is 1.14 bits per heavy atom. The fourth-order valence-electron chi connectivity index (χ4n) is 2.57. The van der Waals surface area contributed by atoms with Gasteiger partial charge in [0.15, 0.2) is 0 Å². The second kappa shape index (κ2) is 6.59. The van der Waals surface area contributed by atoms with Crippen molar-refractivity contribution in [3.63, 3.8) is 0 Å². The Kier molecular flexibility index (Phi) is 4.81. The number of aryl methyl sites for hydroxylation is 1. The topological polar surface area (TPSA) is 59.2 Å². The van der Waals surface area contributed by atoms with Gasteiger partial charge in [-0.25, -0.2) is 4.98 Å². The zero-order valence-corrected chi connectivity index (χ0v) is 12.5. The van der Waals surface area contributed by atoms with E-state index in [1.165, 1.54) is 11.8 Å². The van der Waals surface area contributed by atoms with Gasteiger partial charge in [0, 0.05) is 12.2 Å². The summed E-state index contributed by atoms with van der Waals surface area (Å²) in [5, 5.41) is 0. The number of nitrogen functional groups attached to an aromatic ring is 1. The fourth-order valence-corrected chi connectivity index (χ4v) is 2.57. The van der Waals surface area contributed by atoms with Crippen LogP contribution in [-0.4, -0.2) is 17.4 Å². The number of rotatable bonds is 1. The Hall–Kier alpha value is -2.07. The summed E-state index contributed by atoms with van der Waals surface area (Å²) in [7, 11) is 0. The minimum atomic E-state index is -0.0562. The average Bonchev–Trinajstić information content (AvgIpc) is 2.69. The summed E-state index contributed by atoms with van der Waals surface area (Å²) >= 11 is 0. The van der Waals surface area contributed by atoms with Crippen LogP contribution in [-0.2, 0) is 6.42 Å². The van der Waals surface area contributed by atoms with Gasteiger partial charge in [-0.3, -0.25) is 4.79 Å². The second-order valence-electron chi connectivity index (χ2n) is 5.02. The molecule has 0 saturated carbocycles. The highest BCUT2D eigenvalue weighted by atomic mass is 35.5. The molecule has 0 spiro atoms. The summed E-state index contributed by atoms with van der Waals surface area (Å²) in [5.74, 6) is -0.0562. The molecule has 2 aromatic rings. The van der Waals surface area contributed by atoms with Gasteiger partial charge in [0.2, 0.25) is 0 Å². The molecule has 0 unspecified atom stereocenters. The van der Waals surface area contributed by atoms with Crippen molar-refractivity contribution >= 4 is 29.7 Å². The van der Waals surface area contributed by atoms with Crippen molar-refractivity contribution in [1.29, 1.82) is 0 Å². The number of benzene rings is 1. The van der Waals surface area contributed by atoms with E-state index in [4.69, 9.17) is 5.73 Å². The molecule has 3 rings (SSSR count). The number of fused-ring (bicyclic) bond motifs is 1. The Labute approximate surface area is 130 Å². The van der Waals surface area contributed by atoms with Crippen LogP contribution in [0.25, 0.3) is 0 Å². The number of nitrogens with zero attached hydrogens (tertiary/aromatic N) is 2. The lowest BCUT2D eigenvalue weighted by atomic mass is 10.1. The second-order valence-corrected chi connectivity index (χ2v) is 5.02.